The molecule has 0 fully saturated rings. The highest BCUT2D eigenvalue weighted by Gasteiger charge is 2.20. The van der Waals surface area contributed by atoms with E-state index in [1.165, 1.54) is 16.9 Å². The minimum Gasteiger partial charge on any atom is -0.492 e. The molecule has 0 atom stereocenters. The van der Waals surface area contributed by atoms with Gasteiger partial charge >= 0.3 is 0 Å². The number of carbonyl (C=O) groups excluding carboxylic acids is 1. The Balaban J connectivity index is 1.61. The van der Waals surface area contributed by atoms with Gasteiger partial charge in [-0.15, -0.1) is 11.3 Å². The molecule has 1 aromatic carbocycles. The van der Waals surface area contributed by atoms with Gasteiger partial charge in [0, 0.05) is 13.2 Å². The van der Waals surface area contributed by atoms with Gasteiger partial charge in [-0.05, 0) is 38.1 Å². The van der Waals surface area contributed by atoms with E-state index in [1.54, 1.807) is 18.1 Å². The largest absolute Gasteiger partial charge is 0.492 e. The van der Waals surface area contributed by atoms with E-state index >= 15 is 0 Å². The number of ether oxygens (including phenoxy) is 1. The second-order valence-electron chi connectivity index (χ2n) is 6.04. The molecule has 0 saturated heterocycles. The van der Waals surface area contributed by atoms with Gasteiger partial charge in [-0.2, -0.15) is 0 Å². The quantitative estimate of drug-likeness (QED) is 0.661. The highest BCUT2D eigenvalue weighted by Crippen LogP contribution is 2.27. The third kappa shape index (κ3) is 4.26. The van der Waals surface area contributed by atoms with Crippen molar-refractivity contribution in [1.82, 2.24) is 14.9 Å². The SMILES string of the molecule is Cc1ccc(OCCN(C)C(=O)c2sc(-c3ccccn3)nc2C)cc1. The first-order valence-electron chi connectivity index (χ1n) is 8.38. The molecule has 0 aliphatic carbocycles. The molecule has 2 aromatic heterocycles. The van der Waals surface area contributed by atoms with Crippen LogP contribution in [0.1, 0.15) is 20.9 Å². The normalized spacial score (nSPS) is 10.6. The summed E-state index contributed by atoms with van der Waals surface area (Å²) in [5.74, 6) is 0.762. The predicted molar refractivity (Wildman–Crippen MR) is 104 cm³/mol. The Morgan fingerprint density at radius 3 is 2.62 bits per heavy atom. The first-order valence-corrected chi connectivity index (χ1v) is 9.20. The number of hydrogen-bond acceptors (Lipinski definition) is 5. The highest BCUT2D eigenvalue weighted by atomic mass is 32.1. The van der Waals surface area contributed by atoms with Crippen LogP contribution in [0.5, 0.6) is 5.75 Å². The Morgan fingerprint density at radius 1 is 1.15 bits per heavy atom. The molecule has 26 heavy (non-hydrogen) atoms. The number of likely N-dealkylation sites (N-methyl/N-ethyl adjacent to an activating group) is 1. The summed E-state index contributed by atoms with van der Waals surface area (Å²) in [6, 6.07) is 13.5. The van der Waals surface area contributed by atoms with Gasteiger partial charge < -0.3 is 9.64 Å². The molecule has 5 nitrogen and oxygen atoms in total. The molecule has 0 aliphatic heterocycles. The van der Waals surface area contributed by atoms with E-state index in [4.69, 9.17) is 4.74 Å². The molecular formula is C20H21N3O2S. The maximum absolute atomic E-state index is 12.7. The van der Waals surface area contributed by atoms with Gasteiger partial charge in [0.05, 0.1) is 17.9 Å². The van der Waals surface area contributed by atoms with Crippen molar-refractivity contribution in [2.75, 3.05) is 20.2 Å². The molecule has 0 aliphatic rings. The zero-order chi connectivity index (χ0) is 18.5. The van der Waals surface area contributed by atoms with E-state index in [0.29, 0.717) is 18.0 Å². The van der Waals surface area contributed by atoms with Crippen LogP contribution in [0.4, 0.5) is 0 Å². The molecule has 3 rings (SSSR count). The fraction of sp³-hybridized carbons (Fsp3) is 0.250. The lowest BCUT2D eigenvalue weighted by atomic mass is 10.2. The molecule has 0 N–H and O–H groups in total. The fourth-order valence-electron chi connectivity index (χ4n) is 2.40. The summed E-state index contributed by atoms with van der Waals surface area (Å²) in [5, 5.41) is 0.760. The number of thiazole rings is 1. The summed E-state index contributed by atoms with van der Waals surface area (Å²) in [7, 11) is 1.78. The van der Waals surface area contributed by atoms with Gasteiger partial charge in [0.25, 0.3) is 5.91 Å². The number of pyridine rings is 1. The fourth-order valence-corrected chi connectivity index (χ4v) is 3.44. The number of hydrogen-bond donors (Lipinski definition) is 0. The summed E-state index contributed by atoms with van der Waals surface area (Å²) in [5.41, 5.74) is 2.70. The third-order valence-corrected chi connectivity index (χ3v) is 5.11. The summed E-state index contributed by atoms with van der Waals surface area (Å²) in [4.78, 5) is 23.8. The van der Waals surface area contributed by atoms with Gasteiger partial charge in [-0.3, -0.25) is 9.78 Å². The molecule has 0 saturated carbocycles. The summed E-state index contributed by atoms with van der Waals surface area (Å²) in [6.07, 6.45) is 1.72. The molecule has 134 valence electrons. The topological polar surface area (TPSA) is 55.3 Å². The van der Waals surface area contributed by atoms with Crippen molar-refractivity contribution in [3.63, 3.8) is 0 Å². The van der Waals surface area contributed by atoms with Crippen LogP contribution in [0, 0.1) is 13.8 Å². The lowest BCUT2D eigenvalue weighted by Crippen LogP contribution is -2.30. The summed E-state index contributed by atoms with van der Waals surface area (Å²) >= 11 is 1.37. The van der Waals surface area contributed by atoms with E-state index in [1.807, 2.05) is 56.3 Å². The maximum atomic E-state index is 12.7. The van der Waals surface area contributed by atoms with Gasteiger partial charge in [0.1, 0.15) is 22.2 Å². The van der Waals surface area contributed by atoms with Gasteiger partial charge in [0.2, 0.25) is 0 Å². The molecule has 6 heteroatoms. The molecular weight excluding hydrogens is 346 g/mol. The van der Waals surface area contributed by atoms with Crippen molar-refractivity contribution >= 4 is 17.2 Å². The van der Waals surface area contributed by atoms with E-state index in [0.717, 1.165) is 22.1 Å². The summed E-state index contributed by atoms with van der Waals surface area (Å²) < 4.78 is 5.71. The molecule has 0 unspecified atom stereocenters. The van der Waals surface area contributed by atoms with Crippen LogP contribution in [0.2, 0.25) is 0 Å². The number of nitrogens with zero attached hydrogens (tertiary/aromatic N) is 3. The number of amides is 1. The molecule has 0 bridgehead atoms. The van der Waals surface area contributed by atoms with Crippen molar-refractivity contribution in [3.05, 3.63) is 64.8 Å². The third-order valence-electron chi connectivity index (χ3n) is 3.94. The molecule has 0 radical (unpaired) electrons. The monoisotopic (exact) mass is 367 g/mol. The van der Waals surface area contributed by atoms with E-state index in [9.17, 15) is 4.79 Å². The smallest absolute Gasteiger partial charge is 0.265 e. The van der Waals surface area contributed by atoms with Crippen LogP contribution in [-0.2, 0) is 0 Å². The van der Waals surface area contributed by atoms with E-state index in [2.05, 4.69) is 9.97 Å². The maximum Gasteiger partial charge on any atom is 0.265 e. The Hall–Kier alpha value is -2.73. The van der Waals surface area contributed by atoms with Crippen LogP contribution >= 0.6 is 11.3 Å². The lowest BCUT2D eigenvalue weighted by Gasteiger charge is -2.17. The Labute approximate surface area is 157 Å². The predicted octanol–water partition coefficient (Wildman–Crippen LogP) is 3.97. The molecule has 2 heterocycles. The highest BCUT2D eigenvalue weighted by molar-refractivity contribution is 7.17. The molecule has 1 amide bonds. The van der Waals surface area contributed by atoms with Gasteiger partial charge in [0.15, 0.2) is 0 Å². The standard InChI is InChI=1S/C20H21N3O2S/c1-14-7-9-16(10-8-14)25-13-12-23(3)20(24)18-15(2)22-19(26-18)17-6-4-5-11-21-17/h4-11H,12-13H2,1-3H3. The number of carbonyl (C=O) groups is 1. The first-order chi connectivity index (χ1) is 12.5. The molecule has 3 aromatic rings. The van der Waals surface area contributed by atoms with Crippen LogP contribution in [0.15, 0.2) is 48.7 Å². The first kappa shape index (κ1) is 18.1. The minimum atomic E-state index is -0.0466. The van der Waals surface area contributed by atoms with E-state index < -0.39 is 0 Å². The van der Waals surface area contributed by atoms with Crippen molar-refractivity contribution in [3.8, 4) is 16.5 Å². The van der Waals surface area contributed by atoms with Crippen molar-refractivity contribution < 1.29 is 9.53 Å². The average Bonchev–Trinajstić information content (AvgIpc) is 3.05. The Bertz CT molecular complexity index is 876. The number of aryl methyl sites for hydroxylation is 2. The summed E-state index contributed by atoms with van der Waals surface area (Å²) in [6.45, 7) is 4.83. The van der Waals surface area contributed by atoms with E-state index in [-0.39, 0.29) is 5.91 Å². The van der Waals surface area contributed by atoms with Crippen LogP contribution in [-0.4, -0.2) is 41.0 Å². The average molecular weight is 367 g/mol. The number of benzene rings is 1. The van der Waals surface area contributed by atoms with Crippen LogP contribution in [0.25, 0.3) is 10.7 Å². The van der Waals surface area contributed by atoms with Gasteiger partial charge in [-0.25, -0.2) is 4.98 Å². The second kappa shape index (κ2) is 8.10. The zero-order valence-corrected chi connectivity index (χ0v) is 15.9. The number of aromatic nitrogens is 2. The van der Waals surface area contributed by atoms with Crippen LogP contribution in [0.3, 0.4) is 0 Å². The minimum absolute atomic E-state index is 0.0466. The zero-order valence-electron chi connectivity index (χ0n) is 15.1. The second-order valence-corrected chi connectivity index (χ2v) is 7.04. The van der Waals surface area contributed by atoms with Crippen LogP contribution < -0.4 is 4.74 Å². The van der Waals surface area contributed by atoms with Crippen molar-refractivity contribution in [2.45, 2.75) is 13.8 Å². The van der Waals surface area contributed by atoms with Crippen molar-refractivity contribution in [2.24, 2.45) is 0 Å². The number of rotatable bonds is 6. The molecule has 0 spiro atoms. The van der Waals surface area contributed by atoms with Crippen molar-refractivity contribution in [1.29, 1.82) is 0 Å². The lowest BCUT2D eigenvalue weighted by molar-refractivity contribution is 0.0777. The Kier molecular flexibility index (Phi) is 5.63. The Morgan fingerprint density at radius 2 is 1.92 bits per heavy atom. The van der Waals surface area contributed by atoms with Gasteiger partial charge in [-0.1, -0.05) is 23.8 Å².